The van der Waals surface area contributed by atoms with Crippen molar-refractivity contribution in [2.75, 3.05) is 18.4 Å². The van der Waals surface area contributed by atoms with E-state index in [0.717, 1.165) is 29.7 Å². The Kier molecular flexibility index (Phi) is 5.06. The first-order chi connectivity index (χ1) is 12.2. The van der Waals surface area contributed by atoms with E-state index in [-0.39, 0.29) is 18.2 Å². The fourth-order valence-corrected chi connectivity index (χ4v) is 3.81. The van der Waals surface area contributed by atoms with Crippen LogP contribution in [0.25, 0.3) is 0 Å². The summed E-state index contributed by atoms with van der Waals surface area (Å²) in [5.41, 5.74) is 2.22. The molecule has 0 saturated carbocycles. The second-order valence-electron chi connectivity index (χ2n) is 7.80. The van der Waals surface area contributed by atoms with Gasteiger partial charge in [0.1, 0.15) is 5.60 Å². The van der Waals surface area contributed by atoms with Crippen molar-refractivity contribution in [3.8, 4) is 0 Å². The predicted molar refractivity (Wildman–Crippen MR) is 101 cm³/mol. The van der Waals surface area contributed by atoms with Gasteiger partial charge >= 0.3 is 12.1 Å². The normalized spacial score (nSPS) is 20.0. The third kappa shape index (κ3) is 3.75. The molecule has 2 heterocycles. The number of likely N-dealkylation sites (tertiary alicyclic amines) is 1. The highest BCUT2D eigenvalue weighted by Crippen LogP contribution is 2.40. The van der Waals surface area contributed by atoms with Crippen LogP contribution in [0.1, 0.15) is 57.7 Å². The van der Waals surface area contributed by atoms with Crippen LogP contribution in [0, 0.1) is 0 Å². The van der Waals surface area contributed by atoms with E-state index in [1.807, 2.05) is 33.8 Å². The molecule has 2 aliphatic rings. The first-order valence-corrected chi connectivity index (χ1v) is 9.45. The number of amides is 3. The summed E-state index contributed by atoms with van der Waals surface area (Å²) in [5.74, 6) is 0. The lowest BCUT2D eigenvalue weighted by molar-refractivity contribution is 0.0223. The van der Waals surface area contributed by atoms with Gasteiger partial charge in [-0.3, -0.25) is 0 Å². The molecule has 1 saturated heterocycles. The molecule has 0 aromatic heterocycles. The standard InChI is InChI=1S/C19H26ClN3O3/c1-5-22-11-14-13(9-12(20)10-15(14)21-17(22)24)16-7-6-8-23(16)18(25)26-19(2,3)4/h9-10,16H,5-8,11H2,1-4H3,(H,21,24)/t16-/m0/s1. The summed E-state index contributed by atoms with van der Waals surface area (Å²) in [4.78, 5) is 28.3. The SMILES string of the molecule is CCN1Cc2c(cc(Cl)cc2[C@@H]2CCCN2C(=O)OC(C)(C)C)NC1=O. The van der Waals surface area contributed by atoms with Crippen LogP contribution in [0.3, 0.4) is 0 Å². The lowest BCUT2D eigenvalue weighted by atomic mass is 9.95. The second-order valence-corrected chi connectivity index (χ2v) is 8.23. The number of ether oxygens (including phenoxy) is 1. The topological polar surface area (TPSA) is 61.9 Å². The molecule has 0 unspecified atom stereocenters. The lowest BCUT2D eigenvalue weighted by Crippen LogP contribution is -2.40. The van der Waals surface area contributed by atoms with Crippen LogP contribution in [0.15, 0.2) is 12.1 Å². The van der Waals surface area contributed by atoms with Crippen LogP contribution in [0.4, 0.5) is 15.3 Å². The molecule has 6 nitrogen and oxygen atoms in total. The van der Waals surface area contributed by atoms with E-state index in [1.165, 1.54) is 0 Å². The number of nitrogens with one attached hydrogen (secondary N) is 1. The van der Waals surface area contributed by atoms with Crippen LogP contribution in [0.5, 0.6) is 0 Å². The molecule has 26 heavy (non-hydrogen) atoms. The quantitative estimate of drug-likeness (QED) is 0.804. The number of fused-ring (bicyclic) bond motifs is 1. The molecule has 1 aromatic carbocycles. The van der Waals surface area contributed by atoms with Crippen molar-refractivity contribution in [2.24, 2.45) is 0 Å². The molecule has 1 N–H and O–H groups in total. The summed E-state index contributed by atoms with van der Waals surface area (Å²) in [6.07, 6.45) is 1.46. The molecule has 3 rings (SSSR count). The summed E-state index contributed by atoms with van der Waals surface area (Å²) < 4.78 is 5.58. The Morgan fingerprint density at radius 3 is 2.77 bits per heavy atom. The Hall–Kier alpha value is -1.95. The Morgan fingerprint density at radius 2 is 2.12 bits per heavy atom. The van der Waals surface area contributed by atoms with Crippen molar-refractivity contribution in [3.05, 3.63) is 28.3 Å². The highest BCUT2D eigenvalue weighted by atomic mass is 35.5. The average Bonchev–Trinajstić information content (AvgIpc) is 3.01. The molecule has 1 atom stereocenters. The third-order valence-electron chi connectivity index (χ3n) is 4.75. The van der Waals surface area contributed by atoms with Crippen LogP contribution in [-0.2, 0) is 11.3 Å². The molecule has 142 valence electrons. The van der Waals surface area contributed by atoms with Crippen molar-refractivity contribution in [1.82, 2.24) is 9.80 Å². The van der Waals surface area contributed by atoms with Gasteiger partial charge in [0.25, 0.3) is 0 Å². The molecule has 2 aliphatic heterocycles. The minimum Gasteiger partial charge on any atom is -0.444 e. The van der Waals surface area contributed by atoms with Gasteiger partial charge in [-0.15, -0.1) is 0 Å². The molecular formula is C19H26ClN3O3. The van der Waals surface area contributed by atoms with E-state index in [9.17, 15) is 9.59 Å². The number of rotatable bonds is 2. The van der Waals surface area contributed by atoms with Crippen molar-refractivity contribution in [2.45, 2.75) is 58.7 Å². The van der Waals surface area contributed by atoms with Gasteiger partial charge in [0.05, 0.1) is 6.04 Å². The minimum atomic E-state index is -0.537. The molecule has 7 heteroatoms. The Bertz CT molecular complexity index is 729. The van der Waals surface area contributed by atoms with Gasteiger partial charge < -0.3 is 19.9 Å². The number of urea groups is 1. The summed E-state index contributed by atoms with van der Waals surface area (Å²) in [5, 5.41) is 3.47. The number of hydrogen-bond donors (Lipinski definition) is 1. The summed E-state index contributed by atoms with van der Waals surface area (Å²) in [6.45, 7) is 9.34. The third-order valence-corrected chi connectivity index (χ3v) is 4.97. The molecule has 1 aromatic rings. The van der Waals surface area contributed by atoms with E-state index in [4.69, 9.17) is 16.3 Å². The zero-order valence-electron chi connectivity index (χ0n) is 15.8. The number of carbonyl (C=O) groups is 2. The zero-order chi connectivity index (χ0) is 19.1. The van der Waals surface area contributed by atoms with Gasteiger partial charge in [-0.2, -0.15) is 0 Å². The smallest absolute Gasteiger partial charge is 0.410 e. The van der Waals surface area contributed by atoms with Crippen molar-refractivity contribution in [3.63, 3.8) is 0 Å². The van der Waals surface area contributed by atoms with Gasteiger partial charge in [0.2, 0.25) is 0 Å². The number of nitrogens with zero attached hydrogens (tertiary/aromatic N) is 2. The first kappa shape index (κ1) is 18.8. The lowest BCUT2D eigenvalue weighted by Gasteiger charge is -2.34. The Labute approximate surface area is 159 Å². The van der Waals surface area contributed by atoms with E-state index in [1.54, 1.807) is 15.9 Å². The van der Waals surface area contributed by atoms with Gasteiger partial charge in [-0.25, -0.2) is 9.59 Å². The Morgan fingerprint density at radius 1 is 1.38 bits per heavy atom. The maximum atomic E-state index is 12.7. The van der Waals surface area contributed by atoms with E-state index >= 15 is 0 Å². The minimum absolute atomic E-state index is 0.0917. The molecule has 1 fully saturated rings. The molecule has 0 spiro atoms. The number of benzene rings is 1. The van der Waals surface area contributed by atoms with Gasteiger partial charge in [-0.05, 0) is 58.2 Å². The van der Waals surface area contributed by atoms with E-state index in [2.05, 4.69) is 5.32 Å². The predicted octanol–water partition coefficient (Wildman–Crippen LogP) is 4.78. The fraction of sp³-hybridized carbons (Fsp3) is 0.579. The maximum absolute atomic E-state index is 12.7. The average molecular weight is 380 g/mol. The molecule has 0 bridgehead atoms. The number of hydrogen-bond acceptors (Lipinski definition) is 3. The van der Waals surface area contributed by atoms with E-state index in [0.29, 0.717) is 24.7 Å². The van der Waals surface area contributed by atoms with E-state index < -0.39 is 5.60 Å². The van der Waals surface area contributed by atoms with Gasteiger partial charge in [0.15, 0.2) is 0 Å². The summed E-state index contributed by atoms with van der Waals surface area (Å²) in [7, 11) is 0. The van der Waals surface area contributed by atoms with Crippen LogP contribution < -0.4 is 5.32 Å². The molecule has 3 amide bonds. The number of carbonyl (C=O) groups excluding carboxylic acids is 2. The highest BCUT2D eigenvalue weighted by Gasteiger charge is 2.36. The first-order valence-electron chi connectivity index (χ1n) is 9.07. The van der Waals surface area contributed by atoms with Crippen LogP contribution >= 0.6 is 11.6 Å². The van der Waals surface area contributed by atoms with Crippen molar-refractivity contribution in [1.29, 1.82) is 0 Å². The van der Waals surface area contributed by atoms with Crippen molar-refractivity contribution >= 4 is 29.4 Å². The molecule has 0 aliphatic carbocycles. The largest absolute Gasteiger partial charge is 0.444 e. The summed E-state index contributed by atoms with van der Waals surface area (Å²) in [6, 6.07) is 3.48. The van der Waals surface area contributed by atoms with Crippen molar-refractivity contribution < 1.29 is 14.3 Å². The van der Waals surface area contributed by atoms with Crippen LogP contribution in [0.2, 0.25) is 5.02 Å². The number of anilines is 1. The van der Waals surface area contributed by atoms with Gasteiger partial charge in [-0.1, -0.05) is 11.6 Å². The maximum Gasteiger partial charge on any atom is 0.410 e. The van der Waals surface area contributed by atoms with Crippen LogP contribution in [-0.4, -0.2) is 40.6 Å². The number of halogens is 1. The van der Waals surface area contributed by atoms with Gasteiger partial charge in [0, 0.05) is 35.9 Å². The highest BCUT2D eigenvalue weighted by molar-refractivity contribution is 6.31. The molecular weight excluding hydrogens is 354 g/mol. The monoisotopic (exact) mass is 379 g/mol. The zero-order valence-corrected chi connectivity index (χ0v) is 16.5. The summed E-state index contributed by atoms with van der Waals surface area (Å²) >= 11 is 6.31. The Balaban J connectivity index is 1.96. The second kappa shape index (κ2) is 6.99. The fourth-order valence-electron chi connectivity index (χ4n) is 3.58. The molecule has 0 radical (unpaired) electrons.